The van der Waals surface area contributed by atoms with E-state index >= 15 is 0 Å². The van der Waals surface area contributed by atoms with Crippen molar-refractivity contribution in [1.82, 2.24) is 4.98 Å². The van der Waals surface area contributed by atoms with Gasteiger partial charge >= 0.3 is 5.00 Å². The summed E-state index contributed by atoms with van der Waals surface area (Å²) in [5, 5.41) is 22.9. The maximum absolute atomic E-state index is 10.3. The van der Waals surface area contributed by atoms with Gasteiger partial charge in [0.15, 0.2) is 5.13 Å². The Hall–Kier alpha value is -1.21. The smallest absolute Gasteiger partial charge is 0.345 e. The van der Waals surface area contributed by atoms with E-state index in [0.29, 0.717) is 11.7 Å². The highest BCUT2D eigenvalue weighted by Crippen LogP contribution is 2.25. The number of thiazole rings is 1. The summed E-state index contributed by atoms with van der Waals surface area (Å²) < 4.78 is 0. The van der Waals surface area contributed by atoms with Crippen LogP contribution in [0, 0.1) is 10.1 Å². The van der Waals surface area contributed by atoms with Crippen LogP contribution in [0.4, 0.5) is 10.1 Å². The van der Waals surface area contributed by atoms with Crippen LogP contribution in [0.15, 0.2) is 6.20 Å². The lowest BCUT2D eigenvalue weighted by molar-refractivity contribution is -0.380. The quantitative estimate of drug-likeness (QED) is 0.585. The first kappa shape index (κ1) is 10.9. The van der Waals surface area contributed by atoms with Crippen molar-refractivity contribution in [1.29, 1.82) is 0 Å². The maximum Gasteiger partial charge on any atom is 0.345 e. The van der Waals surface area contributed by atoms with E-state index in [1.54, 1.807) is 13.8 Å². The largest absolute Gasteiger partial charge is 0.389 e. The van der Waals surface area contributed by atoms with Crippen LogP contribution < -0.4 is 5.32 Å². The number of hydrogen-bond acceptors (Lipinski definition) is 6. The van der Waals surface area contributed by atoms with Crippen LogP contribution in [0.5, 0.6) is 0 Å². The fraction of sp³-hybridized carbons (Fsp3) is 0.571. The van der Waals surface area contributed by atoms with E-state index in [1.807, 2.05) is 0 Å². The highest BCUT2D eigenvalue weighted by molar-refractivity contribution is 7.18. The second-order valence-corrected chi connectivity index (χ2v) is 4.44. The Morgan fingerprint density at radius 2 is 2.43 bits per heavy atom. The van der Waals surface area contributed by atoms with Crippen molar-refractivity contribution in [2.75, 3.05) is 11.9 Å². The predicted molar refractivity (Wildman–Crippen MR) is 53.6 cm³/mol. The van der Waals surface area contributed by atoms with E-state index in [4.69, 9.17) is 0 Å². The third-order valence-corrected chi connectivity index (χ3v) is 2.25. The minimum Gasteiger partial charge on any atom is -0.389 e. The fourth-order valence-electron chi connectivity index (χ4n) is 0.724. The van der Waals surface area contributed by atoms with Gasteiger partial charge in [0.25, 0.3) is 0 Å². The number of aromatic nitrogens is 1. The van der Waals surface area contributed by atoms with Crippen LogP contribution in [-0.2, 0) is 0 Å². The number of aliphatic hydroxyl groups is 1. The van der Waals surface area contributed by atoms with Crippen molar-refractivity contribution in [3.63, 3.8) is 0 Å². The molecule has 1 heterocycles. The van der Waals surface area contributed by atoms with Crippen LogP contribution in [0.3, 0.4) is 0 Å². The summed E-state index contributed by atoms with van der Waals surface area (Å²) in [4.78, 5) is 13.6. The van der Waals surface area contributed by atoms with Gasteiger partial charge < -0.3 is 10.4 Å². The van der Waals surface area contributed by atoms with Gasteiger partial charge in [-0.3, -0.25) is 10.1 Å². The molecule has 0 aliphatic carbocycles. The summed E-state index contributed by atoms with van der Waals surface area (Å²) in [6.45, 7) is 3.59. The molecule has 0 aliphatic heterocycles. The van der Waals surface area contributed by atoms with Gasteiger partial charge in [-0.15, -0.1) is 0 Å². The molecular weight excluding hydrogens is 206 g/mol. The van der Waals surface area contributed by atoms with E-state index in [1.165, 1.54) is 6.20 Å². The fourth-order valence-corrected chi connectivity index (χ4v) is 1.35. The minimum atomic E-state index is -0.861. The zero-order chi connectivity index (χ0) is 10.8. The zero-order valence-electron chi connectivity index (χ0n) is 7.85. The molecule has 0 radical (unpaired) electrons. The second kappa shape index (κ2) is 3.89. The van der Waals surface area contributed by atoms with Gasteiger partial charge in [-0.1, -0.05) is 0 Å². The van der Waals surface area contributed by atoms with Gasteiger partial charge in [0.05, 0.1) is 10.5 Å². The van der Waals surface area contributed by atoms with Crippen molar-refractivity contribution >= 4 is 21.5 Å². The molecule has 0 atom stereocenters. The van der Waals surface area contributed by atoms with E-state index in [0.717, 1.165) is 11.3 Å². The molecule has 2 N–H and O–H groups in total. The Balaban J connectivity index is 2.56. The summed E-state index contributed by atoms with van der Waals surface area (Å²) in [5.74, 6) is 0. The molecule has 1 aromatic rings. The van der Waals surface area contributed by atoms with Crippen molar-refractivity contribution in [3.8, 4) is 0 Å². The number of nitrogens with one attached hydrogen (secondary N) is 1. The van der Waals surface area contributed by atoms with E-state index in [2.05, 4.69) is 10.3 Å². The van der Waals surface area contributed by atoms with Gasteiger partial charge in [-0.05, 0) is 25.2 Å². The van der Waals surface area contributed by atoms with E-state index < -0.39 is 10.5 Å². The third kappa shape index (κ3) is 3.27. The molecule has 78 valence electrons. The number of anilines is 1. The summed E-state index contributed by atoms with van der Waals surface area (Å²) in [5.41, 5.74) is -0.861. The molecule has 7 heteroatoms. The van der Waals surface area contributed by atoms with Crippen molar-refractivity contribution in [2.24, 2.45) is 0 Å². The van der Waals surface area contributed by atoms with Crippen molar-refractivity contribution < 1.29 is 10.0 Å². The predicted octanol–water partition coefficient (Wildman–Crippen LogP) is 1.23. The van der Waals surface area contributed by atoms with Crippen LogP contribution in [0.1, 0.15) is 13.8 Å². The number of nitrogens with zero attached hydrogens (tertiary/aromatic N) is 2. The average Bonchev–Trinajstić information content (AvgIpc) is 2.47. The Morgan fingerprint density at radius 1 is 1.79 bits per heavy atom. The van der Waals surface area contributed by atoms with Crippen LogP contribution in [0.2, 0.25) is 0 Å². The molecule has 0 aromatic carbocycles. The lowest BCUT2D eigenvalue weighted by Crippen LogP contribution is -2.29. The lowest BCUT2D eigenvalue weighted by atomic mass is 10.1. The SMILES string of the molecule is CC(C)(O)CNc1ncc([N+](=O)[O-])s1. The number of nitro groups is 1. The average molecular weight is 217 g/mol. The standard InChI is InChI=1S/C7H11N3O3S/c1-7(2,11)4-9-6-8-3-5(14-6)10(12)13/h3,11H,4H2,1-2H3,(H,8,9). The molecule has 14 heavy (non-hydrogen) atoms. The van der Waals surface area contributed by atoms with Crippen LogP contribution in [0.25, 0.3) is 0 Å². The highest BCUT2D eigenvalue weighted by Gasteiger charge is 2.15. The first-order valence-electron chi connectivity index (χ1n) is 3.95. The first-order chi connectivity index (χ1) is 6.38. The van der Waals surface area contributed by atoms with E-state index in [9.17, 15) is 15.2 Å². The molecular formula is C7H11N3O3S. The van der Waals surface area contributed by atoms with Gasteiger partial charge in [0.1, 0.15) is 6.20 Å². The second-order valence-electron chi connectivity index (χ2n) is 3.43. The molecule has 0 spiro atoms. The third-order valence-electron chi connectivity index (χ3n) is 1.35. The molecule has 0 saturated heterocycles. The van der Waals surface area contributed by atoms with Crippen molar-refractivity contribution in [3.05, 3.63) is 16.3 Å². The Labute approximate surface area is 84.7 Å². The molecule has 1 rings (SSSR count). The highest BCUT2D eigenvalue weighted by atomic mass is 32.1. The van der Waals surface area contributed by atoms with Gasteiger partial charge in [0.2, 0.25) is 0 Å². The molecule has 0 bridgehead atoms. The Kier molecular flexibility index (Phi) is 3.02. The Morgan fingerprint density at radius 3 is 2.86 bits per heavy atom. The minimum absolute atomic E-state index is 0.0109. The normalized spacial score (nSPS) is 11.4. The number of rotatable bonds is 4. The van der Waals surface area contributed by atoms with Crippen LogP contribution >= 0.6 is 11.3 Å². The van der Waals surface area contributed by atoms with Gasteiger partial charge in [0, 0.05) is 6.54 Å². The molecule has 0 unspecified atom stereocenters. The Bertz CT molecular complexity index is 331. The molecule has 0 aliphatic rings. The zero-order valence-corrected chi connectivity index (χ0v) is 8.67. The molecule has 0 saturated carbocycles. The lowest BCUT2D eigenvalue weighted by Gasteiger charge is -2.16. The van der Waals surface area contributed by atoms with Crippen molar-refractivity contribution in [2.45, 2.75) is 19.4 Å². The van der Waals surface area contributed by atoms with Crippen LogP contribution in [-0.4, -0.2) is 27.2 Å². The molecule has 6 nitrogen and oxygen atoms in total. The summed E-state index contributed by atoms with van der Waals surface area (Å²) >= 11 is 0.949. The van der Waals surface area contributed by atoms with E-state index in [-0.39, 0.29) is 5.00 Å². The molecule has 0 amide bonds. The monoisotopic (exact) mass is 217 g/mol. The molecule has 0 fully saturated rings. The summed E-state index contributed by atoms with van der Waals surface area (Å²) in [6.07, 6.45) is 1.19. The first-order valence-corrected chi connectivity index (χ1v) is 4.76. The van der Waals surface area contributed by atoms with Gasteiger partial charge in [-0.25, -0.2) is 4.98 Å². The molecule has 1 aromatic heterocycles. The summed E-state index contributed by atoms with van der Waals surface area (Å²) in [6, 6.07) is 0. The summed E-state index contributed by atoms with van der Waals surface area (Å²) in [7, 11) is 0. The van der Waals surface area contributed by atoms with Gasteiger partial charge in [-0.2, -0.15) is 0 Å². The number of hydrogen-bond donors (Lipinski definition) is 2. The topological polar surface area (TPSA) is 88.3 Å². The maximum atomic E-state index is 10.3.